The van der Waals surface area contributed by atoms with E-state index >= 15 is 0 Å². The van der Waals surface area contributed by atoms with Gasteiger partial charge in [-0.25, -0.2) is 14.8 Å². The molecule has 1 unspecified atom stereocenters. The van der Waals surface area contributed by atoms with Crippen LogP contribution >= 0.6 is 0 Å². The number of imidazole rings is 1. The van der Waals surface area contributed by atoms with Crippen LogP contribution < -0.4 is 11.0 Å². The highest BCUT2D eigenvalue weighted by atomic mass is 16.1. The molecule has 0 radical (unpaired) electrons. The van der Waals surface area contributed by atoms with Crippen LogP contribution in [-0.2, 0) is 13.1 Å². The lowest BCUT2D eigenvalue weighted by Gasteiger charge is -2.13. The molecular weight excluding hydrogens is 278 g/mol. The molecule has 0 aromatic carbocycles. The van der Waals surface area contributed by atoms with Gasteiger partial charge in [0.2, 0.25) is 0 Å². The summed E-state index contributed by atoms with van der Waals surface area (Å²) >= 11 is 0. The highest BCUT2D eigenvalue weighted by molar-refractivity contribution is 5.69. The smallest absolute Gasteiger partial charge is 0.331 e. The normalized spacial score (nSPS) is 21.5. The highest BCUT2D eigenvalue weighted by Crippen LogP contribution is 2.37. The molecule has 0 bridgehead atoms. The molecule has 22 heavy (non-hydrogen) atoms. The van der Waals surface area contributed by atoms with Gasteiger partial charge < -0.3 is 5.32 Å². The van der Waals surface area contributed by atoms with Crippen LogP contribution in [0.1, 0.15) is 57.7 Å². The van der Waals surface area contributed by atoms with Gasteiger partial charge in [0.15, 0.2) is 5.82 Å². The van der Waals surface area contributed by atoms with Gasteiger partial charge in [-0.15, -0.1) is 0 Å². The molecule has 1 atom stereocenters. The summed E-state index contributed by atoms with van der Waals surface area (Å²) in [4.78, 5) is 22.4. The summed E-state index contributed by atoms with van der Waals surface area (Å²) in [5.41, 5.74) is 0.915. The number of rotatable bonds is 3. The highest BCUT2D eigenvalue weighted by Gasteiger charge is 2.32. The molecule has 0 amide bonds. The first-order valence-electron chi connectivity index (χ1n) is 8.46. The van der Waals surface area contributed by atoms with Crippen LogP contribution in [-0.4, -0.2) is 25.1 Å². The summed E-state index contributed by atoms with van der Waals surface area (Å²) in [6, 6.07) is 0.264. The second-order valence-electron chi connectivity index (χ2n) is 6.67. The van der Waals surface area contributed by atoms with Crippen LogP contribution in [0.15, 0.2) is 4.79 Å². The van der Waals surface area contributed by atoms with Crippen molar-refractivity contribution in [3.05, 3.63) is 16.3 Å². The maximum Gasteiger partial charge on any atom is 0.331 e. The minimum Gasteiger partial charge on any atom is -0.365 e. The monoisotopic (exact) mass is 301 g/mol. The molecule has 1 fully saturated rings. The number of anilines is 1. The second kappa shape index (κ2) is 5.11. The van der Waals surface area contributed by atoms with Crippen molar-refractivity contribution in [2.75, 3.05) is 5.32 Å². The van der Waals surface area contributed by atoms with Gasteiger partial charge in [0, 0.05) is 25.0 Å². The van der Waals surface area contributed by atoms with E-state index in [1.165, 1.54) is 25.7 Å². The summed E-state index contributed by atoms with van der Waals surface area (Å²) in [5, 5.41) is 3.40. The SMILES string of the molecule is CCCn1c2nc(C3CCCC3)nc-2c2n(c1=O)CC(C)N2. The molecule has 1 aliphatic carbocycles. The van der Waals surface area contributed by atoms with Crippen molar-refractivity contribution in [2.45, 2.75) is 71.0 Å². The van der Waals surface area contributed by atoms with Gasteiger partial charge in [-0.05, 0) is 26.2 Å². The Hall–Kier alpha value is -1.85. The van der Waals surface area contributed by atoms with E-state index in [1.807, 2.05) is 9.13 Å². The van der Waals surface area contributed by atoms with Gasteiger partial charge >= 0.3 is 5.69 Å². The second-order valence-corrected chi connectivity index (χ2v) is 6.67. The lowest BCUT2D eigenvalue weighted by Crippen LogP contribution is -2.32. The lowest BCUT2D eigenvalue weighted by molar-refractivity contribution is 0.571. The molecule has 4 rings (SSSR count). The Kier molecular flexibility index (Phi) is 3.20. The largest absolute Gasteiger partial charge is 0.365 e. The molecule has 0 saturated heterocycles. The van der Waals surface area contributed by atoms with Crippen molar-refractivity contribution >= 4 is 5.82 Å². The van der Waals surface area contributed by atoms with Crippen LogP contribution in [0.3, 0.4) is 0 Å². The summed E-state index contributed by atoms with van der Waals surface area (Å²) in [6.07, 6.45) is 5.79. The minimum atomic E-state index is 0.0408. The third kappa shape index (κ3) is 1.96. The van der Waals surface area contributed by atoms with Crippen LogP contribution in [0.25, 0.3) is 11.5 Å². The number of nitrogens with zero attached hydrogens (tertiary/aromatic N) is 4. The van der Waals surface area contributed by atoms with Crippen LogP contribution in [0.2, 0.25) is 0 Å². The fraction of sp³-hybridized carbons (Fsp3) is 0.688. The summed E-state index contributed by atoms with van der Waals surface area (Å²) in [5.74, 6) is 3.03. The third-order valence-electron chi connectivity index (χ3n) is 4.88. The van der Waals surface area contributed by atoms with E-state index in [0.29, 0.717) is 19.0 Å². The Bertz CT molecular complexity index is 725. The van der Waals surface area contributed by atoms with E-state index in [4.69, 9.17) is 9.97 Å². The van der Waals surface area contributed by atoms with Crippen LogP contribution in [0.4, 0.5) is 5.82 Å². The topological polar surface area (TPSA) is 64.7 Å². The molecule has 3 aliphatic heterocycles. The van der Waals surface area contributed by atoms with Gasteiger partial charge in [0.05, 0.1) is 0 Å². The van der Waals surface area contributed by atoms with Crippen molar-refractivity contribution < 1.29 is 0 Å². The van der Waals surface area contributed by atoms with E-state index in [0.717, 1.165) is 29.6 Å². The maximum atomic E-state index is 12.8. The lowest BCUT2D eigenvalue weighted by atomic mass is 10.1. The first-order valence-corrected chi connectivity index (χ1v) is 8.46. The van der Waals surface area contributed by atoms with Gasteiger partial charge in [-0.3, -0.25) is 9.13 Å². The average Bonchev–Trinajstić information content (AvgIpc) is 3.20. The van der Waals surface area contributed by atoms with Crippen LogP contribution in [0.5, 0.6) is 0 Å². The Morgan fingerprint density at radius 1 is 1.27 bits per heavy atom. The summed E-state index contributed by atoms with van der Waals surface area (Å²) in [7, 11) is 0. The number of aromatic nitrogens is 4. The molecule has 118 valence electrons. The molecule has 0 aromatic rings. The quantitative estimate of drug-likeness (QED) is 0.945. The molecule has 4 aliphatic rings. The fourth-order valence-electron chi connectivity index (χ4n) is 3.82. The van der Waals surface area contributed by atoms with Gasteiger partial charge in [0.1, 0.15) is 17.3 Å². The average molecular weight is 301 g/mol. The van der Waals surface area contributed by atoms with E-state index in [9.17, 15) is 4.79 Å². The number of hydrogen-bond donors (Lipinski definition) is 1. The zero-order chi connectivity index (χ0) is 15.3. The van der Waals surface area contributed by atoms with Crippen molar-refractivity contribution in [2.24, 2.45) is 0 Å². The van der Waals surface area contributed by atoms with Crippen molar-refractivity contribution in [3.63, 3.8) is 0 Å². The molecule has 6 nitrogen and oxygen atoms in total. The molecule has 3 heterocycles. The summed E-state index contributed by atoms with van der Waals surface area (Å²) < 4.78 is 3.64. The molecule has 0 spiro atoms. The predicted molar refractivity (Wildman–Crippen MR) is 85.5 cm³/mol. The third-order valence-corrected chi connectivity index (χ3v) is 4.88. The van der Waals surface area contributed by atoms with Gasteiger partial charge in [0.25, 0.3) is 0 Å². The van der Waals surface area contributed by atoms with Gasteiger partial charge in [-0.1, -0.05) is 19.8 Å². The Labute approximate surface area is 129 Å². The first-order chi connectivity index (χ1) is 10.7. The molecule has 1 N–H and O–H groups in total. The van der Waals surface area contributed by atoms with Crippen molar-refractivity contribution in [1.29, 1.82) is 0 Å². The molecular formula is C16H23N5O. The zero-order valence-electron chi connectivity index (χ0n) is 13.3. The fourth-order valence-corrected chi connectivity index (χ4v) is 3.82. The first kappa shape index (κ1) is 13.8. The number of nitrogens with one attached hydrogen (secondary N) is 1. The number of hydrogen-bond acceptors (Lipinski definition) is 4. The maximum absolute atomic E-state index is 12.8. The standard InChI is InChI=1S/C16H23N5O/c1-3-8-20-15-12(14-17-10(2)9-21(14)16(20)22)18-13(19-15)11-6-4-5-7-11/h10-11,17H,3-9H2,1-2H3. The minimum absolute atomic E-state index is 0.0408. The van der Waals surface area contributed by atoms with E-state index in [2.05, 4.69) is 19.2 Å². The molecule has 6 heteroatoms. The zero-order valence-corrected chi connectivity index (χ0v) is 13.3. The number of fused-ring (bicyclic) bond motifs is 3. The predicted octanol–water partition coefficient (Wildman–Crippen LogP) is 2.43. The van der Waals surface area contributed by atoms with E-state index < -0.39 is 0 Å². The summed E-state index contributed by atoms with van der Waals surface area (Å²) in [6.45, 7) is 5.59. The Morgan fingerprint density at radius 2 is 2.05 bits per heavy atom. The van der Waals surface area contributed by atoms with E-state index in [-0.39, 0.29) is 11.7 Å². The van der Waals surface area contributed by atoms with Gasteiger partial charge in [-0.2, -0.15) is 0 Å². The van der Waals surface area contributed by atoms with E-state index in [1.54, 1.807) is 0 Å². The Balaban J connectivity index is 1.92. The Morgan fingerprint density at radius 3 is 2.77 bits per heavy atom. The molecule has 1 saturated carbocycles. The van der Waals surface area contributed by atoms with Crippen molar-refractivity contribution in [1.82, 2.24) is 19.1 Å². The van der Waals surface area contributed by atoms with Crippen molar-refractivity contribution in [3.8, 4) is 11.5 Å². The van der Waals surface area contributed by atoms with Crippen LogP contribution in [0, 0.1) is 0 Å². The molecule has 0 aromatic heterocycles.